The predicted molar refractivity (Wildman–Crippen MR) is 68.8 cm³/mol. The summed E-state index contributed by atoms with van der Waals surface area (Å²) in [4.78, 5) is 8.68. The van der Waals surface area contributed by atoms with Gasteiger partial charge in [-0.25, -0.2) is 4.98 Å². The molecule has 4 heteroatoms. The van der Waals surface area contributed by atoms with Crippen molar-refractivity contribution in [2.24, 2.45) is 4.99 Å². The van der Waals surface area contributed by atoms with Crippen molar-refractivity contribution in [3.63, 3.8) is 0 Å². The molecule has 1 aromatic heterocycles. The van der Waals surface area contributed by atoms with E-state index in [1.165, 1.54) is 0 Å². The van der Waals surface area contributed by atoms with E-state index in [1.807, 2.05) is 30.3 Å². The summed E-state index contributed by atoms with van der Waals surface area (Å²) in [6, 6.07) is 9.74. The summed E-state index contributed by atoms with van der Waals surface area (Å²) < 4.78 is 0. The zero-order chi connectivity index (χ0) is 12.3. The summed E-state index contributed by atoms with van der Waals surface area (Å²) in [5.74, 6) is 1.48. The van der Waals surface area contributed by atoms with Crippen molar-refractivity contribution in [3.8, 4) is 0 Å². The van der Waals surface area contributed by atoms with Crippen molar-refractivity contribution in [2.45, 2.75) is 26.2 Å². The molecule has 0 fully saturated rings. The number of nitrogens with one attached hydrogen (secondary N) is 1. The molecule has 0 radical (unpaired) electrons. The van der Waals surface area contributed by atoms with Gasteiger partial charge in [-0.3, -0.25) is 10.1 Å². The molecule has 0 aliphatic heterocycles. The van der Waals surface area contributed by atoms with Crippen LogP contribution in [0.3, 0.4) is 0 Å². The van der Waals surface area contributed by atoms with Gasteiger partial charge in [-0.15, -0.1) is 0 Å². The fourth-order valence-corrected chi connectivity index (χ4v) is 1.31. The summed E-state index contributed by atoms with van der Waals surface area (Å²) in [6.07, 6.45) is 1.67. The number of hydrogen-bond acceptors (Lipinski definition) is 3. The summed E-state index contributed by atoms with van der Waals surface area (Å²) in [7, 11) is 0. The highest BCUT2D eigenvalue weighted by Gasteiger charge is 2.17. The van der Waals surface area contributed by atoms with E-state index < -0.39 is 0 Å². The Kier molecular flexibility index (Phi) is 3.04. The van der Waals surface area contributed by atoms with Crippen LogP contribution in [0.5, 0.6) is 0 Å². The Labute approximate surface area is 101 Å². The smallest absolute Gasteiger partial charge is 0.192 e. The summed E-state index contributed by atoms with van der Waals surface area (Å²) in [5.41, 5.74) is 0.876. The molecule has 0 spiro atoms. The van der Waals surface area contributed by atoms with Crippen LogP contribution in [-0.2, 0) is 5.41 Å². The first kappa shape index (κ1) is 11.5. The number of aliphatic imine (C=N–C) groups is 1. The van der Waals surface area contributed by atoms with Crippen molar-refractivity contribution >= 4 is 11.9 Å². The molecule has 0 saturated carbocycles. The zero-order valence-electron chi connectivity index (χ0n) is 10.3. The number of aromatic amines is 1. The Morgan fingerprint density at radius 3 is 2.47 bits per heavy atom. The van der Waals surface area contributed by atoms with Crippen molar-refractivity contribution in [2.75, 3.05) is 0 Å². The van der Waals surface area contributed by atoms with Gasteiger partial charge in [0.15, 0.2) is 5.82 Å². The summed E-state index contributed by atoms with van der Waals surface area (Å²) in [5, 5.41) is 7.04. The maximum absolute atomic E-state index is 4.38. The number of para-hydroxylation sites is 1. The average Bonchev–Trinajstić information content (AvgIpc) is 2.76. The van der Waals surface area contributed by atoms with Gasteiger partial charge in [-0.1, -0.05) is 39.0 Å². The maximum atomic E-state index is 4.38. The van der Waals surface area contributed by atoms with E-state index in [-0.39, 0.29) is 5.41 Å². The molecular weight excluding hydrogens is 212 g/mol. The quantitative estimate of drug-likeness (QED) is 0.803. The molecule has 1 aromatic carbocycles. The lowest BCUT2D eigenvalue weighted by Gasteiger charge is -2.12. The van der Waals surface area contributed by atoms with Gasteiger partial charge in [0.25, 0.3) is 0 Å². The van der Waals surface area contributed by atoms with Crippen molar-refractivity contribution in [1.82, 2.24) is 15.2 Å². The standard InChI is InChI=1S/C13H16N4/c1-13(2,3)12-15-11(16-17-12)9-14-10-7-5-4-6-8-10/h4-9H,1-3H3,(H,15,16,17). The number of H-pyrrole nitrogens is 1. The number of nitrogens with zero attached hydrogens (tertiary/aromatic N) is 3. The van der Waals surface area contributed by atoms with E-state index >= 15 is 0 Å². The Morgan fingerprint density at radius 1 is 1.18 bits per heavy atom. The third-order valence-corrected chi connectivity index (χ3v) is 2.30. The Hall–Kier alpha value is -1.97. The molecule has 1 heterocycles. The molecule has 1 N–H and O–H groups in total. The highest BCUT2D eigenvalue weighted by Crippen LogP contribution is 2.17. The van der Waals surface area contributed by atoms with E-state index in [2.05, 4.69) is 40.9 Å². The molecule has 0 aliphatic carbocycles. The second-order valence-corrected chi connectivity index (χ2v) is 4.89. The molecule has 17 heavy (non-hydrogen) atoms. The Bertz CT molecular complexity index is 506. The van der Waals surface area contributed by atoms with E-state index in [0.717, 1.165) is 11.5 Å². The van der Waals surface area contributed by atoms with Crippen LogP contribution < -0.4 is 0 Å². The highest BCUT2D eigenvalue weighted by molar-refractivity contribution is 5.77. The fraction of sp³-hybridized carbons (Fsp3) is 0.308. The SMILES string of the molecule is CC(C)(C)c1nc(C=Nc2ccccc2)n[nH]1. The van der Waals surface area contributed by atoms with Crippen molar-refractivity contribution in [1.29, 1.82) is 0 Å². The minimum Gasteiger partial charge on any atom is -0.262 e. The van der Waals surface area contributed by atoms with Gasteiger partial charge in [0.1, 0.15) is 5.82 Å². The first-order valence-corrected chi connectivity index (χ1v) is 5.58. The van der Waals surface area contributed by atoms with Crippen LogP contribution >= 0.6 is 0 Å². The summed E-state index contributed by atoms with van der Waals surface area (Å²) in [6.45, 7) is 6.27. The van der Waals surface area contributed by atoms with Crippen LogP contribution in [0.15, 0.2) is 35.3 Å². The topological polar surface area (TPSA) is 53.9 Å². The van der Waals surface area contributed by atoms with E-state index in [0.29, 0.717) is 5.82 Å². The second kappa shape index (κ2) is 4.49. The lowest BCUT2D eigenvalue weighted by Crippen LogP contribution is -2.13. The first-order valence-electron chi connectivity index (χ1n) is 5.58. The minimum atomic E-state index is -0.0220. The molecular formula is C13H16N4. The first-order chi connectivity index (χ1) is 8.05. The van der Waals surface area contributed by atoms with E-state index in [9.17, 15) is 0 Å². The van der Waals surface area contributed by atoms with Crippen LogP contribution in [-0.4, -0.2) is 21.4 Å². The third kappa shape index (κ3) is 3.00. The maximum Gasteiger partial charge on any atom is 0.192 e. The number of hydrogen-bond donors (Lipinski definition) is 1. The van der Waals surface area contributed by atoms with Crippen molar-refractivity contribution in [3.05, 3.63) is 42.0 Å². The summed E-state index contributed by atoms with van der Waals surface area (Å²) >= 11 is 0. The van der Waals surface area contributed by atoms with Crippen LogP contribution in [0.25, 0.3) is 0 Å². The van der Waals surface area contributed by atoms with Crippen LogP contribution in [0.4, 0.5) is 5.69 Å². The molecule has 0 aliphatic rings. The van der Waals surface area contributed by atoms with Gasteiger partial charge < -0.3 is 0 Å². The van der Waals surface area contributed by atoms with E-state index in [4.69, 9.17) is 0 Å². The lowest BCUT2D eigenvalue weighted by molar-refractivity contribution is 0.548. The largest absolute Gasteiger partial charge is 0.262 e. The van der Waals surface area contributed by atoms with Crippen LogP contribution in [0.1, 0.15) is 32.4 Å². The average molecular weight is 228 g/mol. The molecule has 0 unspecified atom stereocenters. The molecule has 0 atom stereocenters. The molecule has 2 rings (SSSR count). The highest BCUT2D eigenvalue weighted by atomic mass is 15.2. The van der Waals surface area contributed by atoms with Gasteiger partial charge in [-0.2, -0.15) is 5.10 Å². The lowest BCUT2D eigenvalue weighted by atomic mass is 9.96. The molecule has 4 nitrogen and oxygen atoms in total. The predicted octanol–water partition coefficient (Wildman–Crippen LogP) is 2.85. The second-order valence-electron chi connectivity index (χ2n) is 4.89. The molecule has 88 valence electrons. The van der Waals surface area contributed by atoms with Gasteiger partial charge in [0.2, 0.25) is 0 Å². The van der Waals surface area contributed by atoms with Gasteiger partial charge >= 0.3 is 0 Å². The molecule has 0 bridgehead atoms. The number of aromatic nitrogens is 3. The normalized spacial score (nSPS) is 12.2. The Balaban J connectivity index is 2.15. The van der Waals surface area contributed by atoms with Crippen LogP contribution in [0.2, 0.25) is 0 Å². The third-order valence-electron chi connectivity index (χ3n) is 2.30. The van der Waals surface area contributed by atoms with Crippen molar-refractivity contribution < 1.29 is 0 Å². The number of benzene rings is 1. The minimum absolute atomic E-state index is 0.0220. The fourth-order valence-electron chi connectivity index (χ4n) is 1.31. The van der Waals surface area contributed by atoms with Crippen LogP contribution in [0, 0.1) is 0 Å². The number of rotatable bonds is 2. The van der Waals surface area contributed by atoms with Gasteiger partial charge in [-0.05, 0) is 12.1 Å². The molecule has 2 aromatic rings. The molecule has 0 amide bonds. The van der Waals surface area contributed by atoms with Gasteiger partial charge in [0, 0.05) is 5.41 Å². The zero-order valence-corrected chi connectivity index (χ0v) is 10.3. The molecule has 0 saturated heterocycles. The van der Waals surface area contributed by atoms with Gasteiger partial charge in [0.05, 0.1) is 11.9 Å². The van der Waals surface area contributed by atoms with E-state index in [1.54, 1.807) is 6.21 Å². The Morgan fingerprint density at radius 2 is 1.88 bits per heavy atom. The monoisotopic (exact) mass is 228 g/mol.